The Balaban J connectivity index is 2.25. The molecule has 2 rings (SSSR count). The van der Waals surface area contributed by atoms with Crippen molar-refractivity contribution >= 4 is 11.7 Å². The number of aliphatic carboxylic acids is 1. The fourth-order valence-electron chi connectivity index (χ4n) is 2.91. The van der Waals surface area contributed by atoms with Gasteiger partial charge in [-0.1, -0.05) is 37.0 Å². The number of carboxylic acids is 1. The molecule has 4 nitrogen and oxygen atoms in total. The summed E-state index contributed by atoms with van der Waals surface area (Å²) in [7, 11) is 0. The van der Waals surface area contributed by atoms with Crippen LogP contribution < -0.4 is 4.90 Å². The maximum atomic E-state index is 11.2. The zero-order chi connectivity index (χ0) is 14.5. The van der Waals surface area contributed by atoms with Crippen molar-refractivity contribution in [3.8, 4) is 0 Å². The fourth-order valence-corrected chi connectivity index (χ4v) is 2.91. The smallest absolute Gasteiger partial charge is 0.323 e. The van der Waals surface area contributed by atoms with Crippen molar-refractivity contribution in [3.05, 3.63) is 29.8 Å². The molecule has 2 N–H and O–H groups in total. The van der Waals surface area contributed by atoms with Crippen LogP contribution in [0.2, 0.25) is 0 Å². The number of aliphatic hydroxyl groups excluding tert-OH is 1. The van der Waals surface area contributed by atoms with Gasteiger partial charge in [-0.2, -0.15) is 0 Å². The lowest BCUT2D eigenvalue weighted by Crippen LogP contribution is -2.45. The fraction of sp³-hybridized carbons (Fsp3) is 0.562. The Morgan fingerprint density at radius 2 is 1.85 bits per heavy atom. The van der Waals surface area contributed by atoms with Crippen LogP contribution >= 0.6 is 0 Å². The number of carbonyl (C=O) groups is 1. The molecule has 0 aliphatic heterocycles. The van der Waals surface area contributed by atoms with E-state index in [0.717, 1.165) is 43.4 Å². The van der Waals surface area contributed by atoms with Crippen molar-refractivity contribution < 1.29 is 15.0 Å². The van der Waals surface area contributed by atoms with Crippen molar-refractivity contribution in [1.29, 1.82) is 0 Å². The first kappa shape index (κ1) is 14.9. The normalized spacial score (nSPS) is 23.1. The topological polar surface area (TPSA) is 60.8 Å². The van der Waals surface area contributed by atoms with Crippen LogP contribution in [-0.4, -0.2) is 34.9 Å². The SMILES string of the molecule is Cc1ccc(N(CC(=O)O)C2CCCCCC2O)cc1. The standard InChI is InChI=1S/C16H23NO3/c1-12-7-9-13(10-8-12)17(11-16(19)20)14-5-3-2-4-6-15(14)18/h7-10,14-15,18H,2-6,11H2,1H3,(H,19,20). The van der Waals surface area contributed by atoms with Gasteiger partial charge >= 0.3 is 5.97 Å². The van der Waals surface area contributed by atoms with Crippen molar-refractivity contribution in [1.82, 2.24) is 0 Å². The highest BCUT2D eigenvalue weighted by Crippen LogP contribution is 2.27. The summed E-state index contributed by atoms with van der Waals surface area (Å²) in [5, 5.41) is 19.5. The maximum Gasteiger partial charge on any atom is 0.323 e. The summed E-state index contributed by atoms with van der Waals surface area (Å²) >= 11 is 0. The van der Waals surface area contributed by atoms with Gasteiger partial charge in [0.2, 0.25) is 0 Å². The van der Waals surface area contributed by atoms with Crippen LogP contribution in [0.5, 0.6) is 0 Å². The molecule has 1 saturated carbocycles. The van der Waals surface area contributed by atoms with E-state index >= 15 is 0 Å². The highest BCUT2D eigenvalue weighted by atomic mass is 16.4. The van der Waals surface area contributed by atoms with Gasteiger partial charge < -0.3 is 15.1 Å². The number of aryl methyl sites for hydroxylation is 1. The van der Waals surface area contributed by atoms with Crippen LogP contribution in [0.3, 0.4) is 0 Å². The zero-order valence-corrected chi connectivity index (χ0v) is 12.0. The van der Waals surface area contributed by atoms with Crippen molar-refractivity contribution in [2.24, 2.45) is 0 Å². The summed E-state index contributed by atoms with van der Waals surface area (Å²) in [4.78, 5) is 13.0. The molecule has 0 bridgehead atoms. The molecule has 1 aliphatic rings. The van der Waals surface area contributed by atoms with E-state index in [4.69, 9.17) is 5.11 Å². The molecule has 0 spiro atoms. The second-order valence-electron chi connectivity index (χ2n) is 5.63. The summed E-state index contributed by atoms with van der Waals surface area (Å²) in [6.45, 7) is 1.94. The van der Waals surface area contributed by atoms with Gasteiger partial charge in [-0.25, -0.2) is 0 Å². The summed E-state index contributed by atoms with van der Waals surface area (Å²) in [6, 6.07) is 7.74. The number of carboxylic acid groups (broad SMARTS) is 1. The molecular formula is C16H23NO3. The Bertz CT molecular complexity index is 444. The molecule has 2 atom stereocenters. The lowest BCUT2D eigenvalue weighted by atomic mass is 10.0. The zero-order valence-electron chi connectivity index (χ0n) is 12.0. The first-order valence-electron chi connectivity index (χ1n) is 7.31. The highest BCUT2D eigenvalue weighted by Gasteiger charge is 2.29. The molecule has 4 heteroatoms. The van der Waals surface area contributed by atoms with E-state index in [0.29, 0.717) is 0 Å². The molecule has 0 radical (unpaired) electrons. The number of rotatable bonds is 4. The molecule has 110 valence electrons. The molecule has 1 aromatic rings. The number of hydrogen-bond acceptors (Lipinski definition) is 3. The molecule has 1 aromatic carbocycles. The van der Waals surface area contributed by atoms with Crippen molar-refractivity contribution in [2.75, 3.05) is 11.4 Å². The molecular weight excluding hydrogens is 254 g/mol. The third-order valence-electron chi connectivity index (χ3n) is 4.02. The second-order valence-corrected chi connectivity index (χ2v) is 5.63. The van der Waals surface area contributed by atoms with Crippen LogP contribution in [0.4, 0.5) is 5.69 Å². The number of aliphatic hydroxyl groups is 1. The largest absolute Gasteiger partial charge is 0.480 e. The van der Waals surface area contributed by atoms with E-state index in [1.165, 1.54) is 0 Å². The van der Waals surface area contributed by atoms with E-state index in [2.05, 4.69) is 0 Å². The Labute approximate surface area is 120 Å². The lowest BCUT2D eigenvalue weighted by molar-refractivity contribution is -0.135. The first-order valence-corrected chi connectivity index (χ1v) is 7.31. The summed E-state index contributed by atoms with van der Waals surface area (Å²) in [6.07, 6.45) is 4.34. The van der Waals surface area contributed by atoms with E-state index in [-0.39, 0.29) is 12.6 Å². The molecule has 1 fully saturated rings. The van der Waals surface area contributed by atoms with Gasteiger partial charge in [0.1, 0.15) is 6.54 Å². The summed E-state index contributed by atoms with van der Waals surface area (Å²) in [5.41, 5.74) is 2.02. The molecule has 1 aliphatic carbocycles. The number of hydrogen-bond donors (Lipinski definition) is 2. The first-order chi connectivity index (χ1) is 9.58. The van der Waals surface area contributed by atoms with E-state index in [9.17, 15) is 9.90 Å². The summed E-state index contributed by atoms with van der Waals surface area (Å²) in [5.74, 6) is -0.859. The van der Waals surface area contributed by atoms with E-state index in [1.54, 1.807) is 0 Å². The quantitative estimate of drug-likeness (QED) is 0.830. The van der Waals surface area contributed by atoms with E-state index in [1.807, 2.05) is 36.1 Å². The van der Waals surface area contributed by atoms with Crippen LogP contribution in [-0.2, 0) is 4.79 Å². The number of nitrogens with zero attached hydrogens (tertiary/aromatic N) is 1. The Morgan fingerprint density at radius 3 is 2.50 bits per heavy atom. The van der Waals surface area contributed by atoms with Gasteiger partial charge in [-0.3, -0.25) is 4.79 Å². The Kier molecular flexibility index (Phi) is 5.01. The minimum atomic E-state index is -0.859. The van der Waals surface area contributed by atoms with Gasteiger partial charge in [0.25, 0.3) is 0 Å². The third kappa shape index (κ3) is 3.73. The minimum absolute atomic E-state index is 0.0647. The van der Waals surface area contributed by atoms with Crippen LogP contribution in [0.15, 0.2) is 24.3 Å². The highest BCUT2D eigenvalue weighted by molar-refractivity contribution is 5.74. The van der Waals surface area contributed by atoms with Crippen LogP contribution in [0, 0.1) is 6.92 Å². The molecule has 2 unspecified atom stereocenters. The third-order valence-corrected chi connectivity index (χ3v) is 4.02. The average Bonchev–Trinajstić information content (AvgIpc) is 2.62. The Morgan fingerprint density at radius 1 is 1.20 bits per heavy atom. The van der Waals surface area contributed by atoms with Gasteiger partial charge in [0.15, 0.2) is 0 Å². The van der Waals surface area contributed by atoms with Gasteiger partial charge in [0.05, 0.1) is 12.1 Å². The van der Waals surface area contributed by atoms with Crippen LogP contribution in [0.1, 0.15) is 37.7 Å². The maximum absolute atomic E-state index is 11.2. The van der Waals surface area contributed by atoms with Gasteiger partial charge in [-0.15, -0.1) is 0 Å². The van der Waals surface area contributed by atoms with Crippen LogP contribution in [0.25, 0.3) is 0 Å². The predicted octanol–water partition coefficient (Wildman–Crippen LogP) is 2.58. The molecule has 20 heavy (non-hydrogen) atoms. The molecule has 0 aromatic heterocycles. The second kappa shape index (κ2) is 6.75. The minimum Gasteiger partial charge on any atom is -0.480 e. The number of anilines is 1. The number of benzene rings is 1. The Hall–Kier alpha value is -1.55. The predicted molar refractivity (Wildman–Crippen MR) is 79.0 cm³/mol. The van der Waals surface area contributed by atoms with Gasteiger partial charge in [-0.05, 0) is 31.9 Å². The lowest BCUT2D eigenvalue weighted by Gasteiger charge is -2.34. The van der Waals surface area contributed by atoms with E-state index < -0.39 is 12.1 Å². The molecule has 0 heterocycles. The molecule has 0 amide bonds. The van der Waals surface area contributed by atoms with Crippen molar-refractivity contribution in [2.45, 2.75) is 51.2 Å². The van der Waals surface area contributed by atoms with Crippen molar-refractivity contribution in [3.63, 3.8) is 0 Å². The monoisotopic (exact) mass is 277 g/mol. The summed E-state index contributed by atoms with van der Waals surface area (Å²) < 4.78 is 0. The molecule has 0 saturated heterocycles. The van der Waals surface area contributed by atoms with Gasteiger partial charge in [0, 0.05) is 5.69 Å². The average molecular weight is 277 g/mol.